The minimum Gasteiger partial charge on any atom is 0 e. The summed E-state index contributed by atoms with van der Waals surface area (Å²) in [6.45, 7) is 0. The third-order valence-electron chi connectivity index (χ3n) is 0. The third kappa shape index (κ3) is 17.9. The predicted molar refractivity (Wildman–Crippen MR) is 28.8 cm³/mol. The van der Waals surface area contributed by atoms with E-state index in [2.05, 4.69) is 0 Å². The molecule has 6 radical (unpaired) electrons. The summed E-state index contributed by atoms with van der Waals surface area (Å²) in [5.74, 6) is 0. The predicted octanol–water partition coefficient (Wildman–Crippen LogP) is -1.90. The van der Waals surface area contributed by atoms with Gasteiger partial charge in [-0.1, -0.05) is 0 Å². The fourth-order valence-electron chi connectivity index (χ4n) is 0. The molecule has 0 aromatic heterocycles. The smallest absolute Gasteiger partial charge is 0 e. The van der Waals surface area contributed by atoms with Crippen LogP contribution in [0.15, 0.2) is 0 Å². The van der Waals surface area contributed by atoms with Crippen LogP contribution >= 0.6 is 0 Å². The Morgan fingerprint density at radius 2 is 0.400 bits per heavy atom. The number of hydrogen-bond donors (Lipinski definition) is 0. The van der Waals surface area contributed by atoms with E-state index >= 15 is 0 Å². The fraction of sp³-hybridized carbons (Fsp3) is 0. The van der Waals surface area contributed by atoms with E-state index in [9.17, 15) is 0 Å². The molecule has 0 atom stereocenters. The van der Waals surface area contributed by atoms with Crippen molar-refractivity contribution in [2.75, 3.05) is 0 Å². The summed E-state index contributed by atoms with van der Waals surface area (Å²) in [7, 11) is 0. The SMILES string of the molecule is [Ba+2].[Ba+2].[Ba+2].[Sb].[Sb]. The molecule has 0 nitrogen and oxygen atoms in total. The minimum atomic E-state index is 0. The fourth-order valence-corrected chi connectivity index (χ4v) is 0. The van der Waals surface area contributed by atoms with Crippen molar-refractivity contribution in [3.63, 3.8) is 0 Å². The Bertz CT molecular complexity index is 4.85. The molecule has 0 bridgehead atoms. The molecule has 5 heteroatoms. The average molecular weight is 656 g/mol. The molecule has 0 aliphatic heterocycles. The second-order valence-electron chi connectivity index (χ2n) is 0. The molecule has 0 N–H and O–H groups in total. The number of rotatable bonds is 0. The Labute approximate surface area is 188 Å². The van der Waals surface area contributed by atoms with E-state index in [1.54, 1.807) is 0 Å². The maximum absolute atomic E-state index is 0. The molecule has 0 aromatic rings. The van der Waals surface area contributed by atoms with Crippen LogP contribution in [0.4, 0.5) is 0 Å². The van der Waals surface area contributed by atoms with E-state index in [0.29, 0.717) is 0 Å². The minimum absolute atomic E-state index is 0. The van der Waals surface area contributed by atoms with Gasteiger partial charge in [0.1, 0.15) is 0 Å². The van der Waals surface area contributed by atoms with E-state index < -0.39 is 0 Å². The van der Waals surface area contributed by atoms with Crippen molar-refractivity contribution in [2.45, 2.75) is 0 Å². The first-order valence-corrected chi connectivity index (χ1v) is 0. The summed E-state index contributed by atoms with van der Waals surface area (Å²) in [6.07, 6.45) is 0. The average Bonchev–Trinajstić information content (AvgIpc) is 0. The van der Waals surface area contributed by atoms with E-state index in [1.165, 1.54) is 0 Å². The van der Waals surface area contributed by atoms with Gasteiger partial charge in [0.15, 0.2) is 0 Å². The molecule has 0 saturated carbocycles. The van der Waals surface area contributed by atoms with Gasteiger partial charge in [-0.15, -0.1) is 0 Å². The van der Waals surface area contributed by atoms with E-state index in [1.807, 2.05) is 0 Å². The van der Waals surface area contributed by atoms with Gasteiger partial charge in [0.05, 0.1) is 0 Å². The van der Waals surface area contributed by atoms with Crippen LogP contribution < -0.4 is 0 Å². The van der Waals surface area contributed by atoms with Crippen LogP contribution in [0.25, 0.3) is 0 Å². The van der Waals surface area contributed by atoms with Crippen molar-refractivity contribution in [1.82, 2.24) is 0 Å². The van der Waals surface area contributed by atoms with Crippen LogP contribution in [0, 0.1) is 0 Å². The van der Waals surface area contributed by atoms with Crippen molar-refractivity contribution in [3.05, 3.63) is 0 Å². The molecule has 0 aliphatic rings. The van der Waals surface area contributed by atoms with Gasteiger partial charge in [-0.25, -0.2) is 0 Å². The Kier molecular flexibility index (Phi) is 135. The largest absolute Gasteiger partial charge is 2.00 e. The standard InChI is InChI=1S/3Ba.2Sb/q3*+2;;. The summed E-state index contributed by atoms with van der Waals surface area (Å²) in [4.78, 5) is 0. The van der Waals surface area contributed by atoms with Crippen molar-refractivity contribution in [1.29, 1.82) is 0 Å². The molecule has 0 aliphatic carbocycles. The molecule has 5 heavy (non-hydrogen) atoms. The second-order valence-corrected chi connectivity index (χ2v) is 0. The maximum Gasteiger partial charge on any atom is 2.00 e. The molecule has 0 heterocycles. The monoisotopic (exact) mass is 656 g/mol. The van der Waals surface area contributed by atoms with Crippen molar-refractivity contribution in [3.8, 4) is 0 Å². The van der Waals surface area contributed by atoms with Crippen molar-refractivity contribution < 1.29 is 0 Å². The Morgan fingerprint density at radius 3 is 0.400 bits per heavy atom. The van der Waals surface area contributed by atoms with Crippen molar-refractivity contribution >= 4 is 195 Å². The van der Waals surface area contributed by atoms with Gasteiger partial charge in [0.25, 0.3) is 0 Å². The zero-order valence-electron chi connectivity index (χ0n) is 3.02. The zero-order valence-corrected chi connectivity index (χ0v) is 21.4. The molecular weight excluding hydrogens is 656 g/mol. The molecule has 0 amide bonds. The van der Waals surface area contributed by atoms with Gasteiger partial charge in [-0.2, -0.15) is 0 Å². The maximum atomic E-state index is 0. The first kappa shape index (κ1) is 30.2. The van der Waals surface area contributed by atoms with Gasteiger partial charge in [-0.3, -0.25) is 0 Å². The topological polar surface area (TPSA) is 0 Å². The van der Waals surface area contributed by atoms with E-state index in [0.717, 1.165) is 0 Å². The Morgan fingerprint density at radius 1 is 0.400 bits per heavy atom. The van der Waals surface area contributed by atoms with E-state index in [-0.39, 0.29) is 195 Å². The van der Waals surface area contributed by atoms with Gasteiger partial charge in [0.2, 0.25) is 0 Å². The Balaban J connectivity index is 0. The zero-order chi connectivity index (χ0) is 0. The Hall–Kier alpha value is 6.35. The molecule has 0 fully saturated rings. The van der Waals surface area contributed by atoms with Gasteiger partial charge < -0.3 is 0 Å². The summed E-state index contributed by atoms with van der Waals surface area (Å²) >= 11 is 0. The first-order valence-electron chi connectivity index (χ1n) is 0. The molecule has 0 spiro atoms. The van der Waals surface area contributed by atoms with Gasteiger partial charge in [-0.05, 0) is 0 Å². The quantitative estimate of drug-likeness (QED) is 0.268. The molecule has 0 saturated heterocycles. The normalized spacial score (nSPS) is 0. The summed E-state index contributed by atoms with van der Waals surface area (Å²) in [5, 5.41) is 0. The van der Waals surface area contributed by atoms with Crippen LogP contribution in [0.1, 0.15) is 0 Å². The van der Waals surface area contributed by atoms with E-state index in [4.69, 9.17) is 0 Å². The molecule has 0 aromatic carbocycles. The molecule has 0 unspecified atom stereocenters. The van der Waals surface area contributed by atoms with Crippen LogP contribution in [-0.4, -0.2) is 195 Å². The van der Waals surface area contributed by atoms with Crippen LogP contribution in [0.2, 0.25) is 0 Å². The summed E-state index contributed by atoms with van der Waals surface area (Å²) < 4.78 is 0. The van der Waals surface area contributed by atoms with Crippen LogP contribution in [-0.2, 0) is 0 Å². The first-order chi connectivity index (χ1) is 0. The van der Waals surface area contributed by atoms with Crippen molar-refractivity contribution in [2.24, 2.45) is 0 Å². The van der Waals surface area contributed by atoms with Crippen LogP contribution in [0.5, 0.6) is 0 Å². The number of hydrogen-bond acceptors (Lipinski definition) is 0. The molecule has 0 rings (SSSR count). The van der Waals surface area contributed by atoms with Gasteiger partial charge in [0, 0.05) is 48.9 Å². The molecular formula is Ba3Sb2+6. The third-order valence-corrected chi connectivity index (χ3v) is 0. The summed E-state index contributed by atoms with van der Waals surface area (Å²) in [6, 6.07) is 0. The van der Waals surface area contributed by atoms with Gasteiger partial charge >= 0.3 is 147 Å². The second kappa shape index (κ2) is 22.4. The summed E-state index contributed by atoms with van der Waals surface area (Å²) in [5.41, 5.74) is 0. The molecule has 10 valence electrons. The van der Waals surface area contributed by atoms with Crippen LogP contribution in [0.3, 0.4) is 0 Å².